The fourth-order valence-electron chi connectivity index (χ4n) is 4.77. The van der Waals surface area contributed by atoms with Crippen molar-refractivity contribution in [3.05, 3.63) is 58.6 Å². The lowest BCUT2D eigenvalue weighted by Gasteiger charge is -2.35. The van der Waals surface area contributed by atoms with E-state index in [1.165, 1.54) is 6.20 Å². The van der Waals surface area contributed by atoms with Gasteiger partial charge in [-0.15, -0.1) is 0 Å². The fourth-order valence-corrected chi connectivity index (χ4v) is 4.91. The molecule has 0 bridgehead atoms. The molecular weight excluding hydrogens is 491 g/mol. The highest BCUT2D eigenvalue weighted by molar-refractivity contribution is 6.33. The third kappa shape index (κ3) is 4.67. The second kappa shape index (κ2) is 9.40. The number of hydrogen-bond donors (Lipinski definition) is 3. The Balaban J connectivity index is 1.65. The smallest absolute Gasteiger partial charge is 0.396 e. The van der Waals surface area contributed by atoms with Crippen LogP contribution in [0.25, 0.3) is 16.7 Å². The molecule has 2 fully saturated rings. The number of nitrogen functional groups attached to an aromatic ring is 1. The van der Waals surface area contributed by atoms with Gasteiger partial charge in [-0.3, -0.25) is 0 Å². The number of aliphatic imine (C=N–C) groups is 1. The Morgan fingerprint density at radius 2 is 1.94 bits per heavy atom. The normalized spacial score (nSPS) is 17.5. The molecule has 1 aliphatic heterocycles. The molecule has 11 heteroatoms. The predicted molar refractivity (Wildman–Crippen MR) is 136 cm³/mol. The Labute approximate surface area is 211 Å². The Morgan fingerprint density at radius 1 is 1.22 bits per heavy atom. The van der Waals surface area contributed by atoms with Crippen LogP contribution in [0.5, 0.6) is 0 Å². The van der Waals surface area contributed by atoms with E-state index in [0.717, 1.165) is 56.0 Å². The average molecular weight is 518 g/mol. The van der Waals surface area contributed by atoms with E-state index in [-0.39, 0.29) is 16.8 Å². The first kappa shape index (κ1) is 24.6. The molecule has 190 valence electrons. The van der Waals surface area contributed by atoms with Crippen molar-refractivity contribution in [1.29, 1.82) is 0 Å². The minimum absolute atomic E-state index is 0.120. The van der Waals surface area contributed by atoms with Crippen molar-refractivity contribution in [3.8, 4) is 0 Å². The lowest BCUT2D eigenvalue weighted by Crippen LogP contribution is -2.44. The number of nitrogens with one attached hydrogen (secondary N) is 2. The van der Waals surface area contributed by atoms with Crippen molar-refractivity contribution < 1.29 is 13.2 Å². The number of H-pyrrole nitrogens is 1. The zero-order valence-electron chi connectivity index (χ0n) is 19.8. The standard InChI is InChI=1S/C25H27ClF3N7/c1-13(16-7-10-32-23-17(16)11-19(35-23)25(27,28)29)34-24(36(2)15-5-8-31-9-6-15)20-18(14-3-4-14)12-33-22(26)21(20)30/h7,10-12,14-15,31H,1,3-6,8-9,30H2,2H3,(H,32,35)/b34-24+. The van der Waals surface area contributed by atoms with Gasteiger partial charge in [0.05, 0.1) is 11.4 Å². The highest BCUT2D eigenvalue weighted by Gasteiger charge is 2.34. The number of fused-ring (bicyclic) bond motifs is 1. The van der Waals surface area contributed by atoms with E-state index >= 15 is 0 Å². The number of alkyl halides is 3. The minimum atomic E-state index is -4.52. The van der Waals surface area contributed by atoms with Crippen LogP contribution in [0.1, 0.15) is 54.0 Å². The highest BCUT2D eigenvalue weighted by Crippen LogP contribution is 2.44. The Bertz CT molecular complexity index is 1340. The molecule has 4 heterocycles. The summed E-state index contributed by atoms with van der Waals surface area (Å²) in [5.74, 6) is 0.908. The van der Waals surface area contributed by atoms with Gasteiger partial charge in [-0.05, 0) is 62.4 Å². The number of hydrogen-bond acceptors (Lipinski definition) is 5. The SMILES string of the molecule is C=C(/N=C(\c1c(C2CC2)cnc(Cl)c1N)N(C)C1CCNCC1)c1ccnc2[nH]c(C(F)(F)F)cc12. The molecular formula is C25H27ClF3N7. The number of nitrogens with two attached hydrogens (primary N) is 1. The maximum atomic E-state index is 13.4. The van der Waals surface area contributed by atoms with Gasteiger partial charge in [0.25, 0.3) is 0 Å². The molecule has 7 nitrogen and oxygen atoms in total. The van der Waals surface area contributed by atoms with E-state index in [2.05, 4.69) is 31.7 Å². The molecule has 1 aliphatic carbocycles. The topological polar surface area (TPSA) is 95.2 Å². The summed E-state index contributed by atoms with van der Waals surface area (Å²) in [6, 6.07) is 2.86. The van der Waals surface area contributed by atoms with Crippen LogP contribution in [0.15, 0.2) is 36.1 Å². The van der Waals surface area contributed by atoms with Gasteiger partial charge in [-0.25, -0.2) is 15.0 Å². The molecule has 0 atom stereocenters. The van der Waals surface area contributed by atoms with Gasteiger partial charge in [0.2, 0.25) is 0 Å². The summed E-state index contributed by atoms with van der Waals surface area (Å²) in [5, 5.41) is 3.86. The van der Waals surface area contributed by atoms with E-state index in [9.17, 15) is 13.2 Å². The maximum Gasteiger partial charge on any atom is 0.431 e. The molecule has 0 aromatic carbocycles. The minimum Gasteiger partial charge on any atom is -0.396 e. The first-order chi connectivity index (χ1) is 17.1. The summed E-state index contributed by atoms with van der Waals surface area (Å²) >= 11 is 6.36. The summed E-state index contributed by atoms with van der Waals surface area (Å²) < 4.78 is 40.1. The van der Waals surface area contributed by atoms with Crippen LogP contribution in [-0.4, -0.2) is 51.9 Å². The molecule has 0 amide bonds. The van der Waals surface area contributed by atoms with Crippen LogP contribution < -0.4 is 11.1 Å². The molecule has 0 radical (unpaired) electrons. The fraction of sp³-hybridized carbons (Fsp3) is 0.400. The Hall–Kier alpha value is -3.11. The van der Waals surface area contributed by atoms with Crippen LogP contribution in [0, 0.1) is 0 Å². The van der Waals surface area contributed by atoms with E-state index in [1.54, 1.807) is 12.3 Å². The molecule has 36 heavy (non-hydrogen) atoms. The molecule has 5 rings (SSSR count). The third-order valence-corrected chi connectivity index (χ3v) is 7.22. The Morgan fingerprint density at radius 3 is 2.61 bits per heavy atom. The number of nitrogens with zero attached hydrogens (tertiary/aromatic N) is 4. The first-order valence-corrected chi connectivity index (χ1v) is 12.2. The van der Waals surface area contributed by atoms with Crippen LogP contribution in [-0.2, 0) is 6.18 Å². The Kier molecular flexibility index (Phi) is 6.42. The molecule has 0 spiro atoms. The average Bonchev–Trinajstić information content (AvgIpc) is 3.60. The number of aromatic nitrogens is 3. The van der Waals surface area contributed by atoms with Gasteiger partial charge >= 0.3 is 6.18 Å². The van der Waals surface area contributed by atoms with Crippen molar-refractivity contribution in [2.75, 3.05) is 25.9 Å². The van der Waals surface area contributed by atoms with Gasteiger partial charge in [0, 0.05) is 42.0 Å². The molecule has 1 saturated carbocycles. The van der Waals surface area contributed by atoms with E-state index < -0.39 is 11.9 Å². The molecule has 3 aromatic rings. The first-order valence-electron chi connectivity index (χ1n) is 11.9. The number of halogens is 4. The summed E-state index contributed by atoms with van der Waals surface area (Å²) in [6.07, 6.45) is 2.54. The molecule has 2 aliphatic rings. The van der Waals surface area contributed by atoms with Crippen molar-refractivity contribution in [3.63, 3.8) is 0 Å². The molecule has 4 N–H and O–H groups in total. The number of pyridine rings is 2. The van der Waals surface area contributed by atoms with Crippen molar-refractivity contribution >= 4 is 39.9 Å². The van der Waals surface area contributed by atoms with Crippen molar-refractivity contribution in [1.82, 2.24) is 25.2 Å². The van der Waals surface area contributed by atoms with Gasteiger partial charge in [-0.1, -0.05) is 18.2 Å². The number of piperidine rings is 1. The monoisotopic (exact) mass is 517 g/mol. The van der Waals surface area contributed by atoms with Crippen LogP contribution in [0.4, 0.5) is 18.9 Å². The number of aromatic amines is 1. The van der Waals surface area contributed by atoms with Gasteiger partial charge < -0.3 is 20.9 Å². The van der Waals surface area contributed by atoms with Crippen molar-refractivity contribution in [2.24, 2.45) is 4.99 Å². The highest BCUT2D eigenvalue weighted by atomic mass is 35.5. The van der Waals surface area contributed by atoms with E-state index in [1.807, 2.05) is 7.05 Å². The maximum absolute atomic E-state index is 13.4. The van der Waals surface area contributed by atoms with Crippen LogP contribution >= 0.6 is 11.6 Å². The number of amidine groups is 1. The largest absolute Gasteiger partial charge is 0.431 e. The molecule has 3 aromatic heterocycles. The van der Waals surface area contributed by atoms with Crippen molar-refractivity contribution in [2.45, 2.75) is 43.8 Å². The lowest BCUT2D eigenvalue weighted by atomic mass is 9.99. The zero-order chi connectivity index (χ0) is 25.6. The van der Waals surface area contributed by atoms with E-state index in [4.69, 9.17) is 22.3 Å². The quantitative estimate of drug-likeness (QED) is 0.246. The third-order valence-electron chi connectivity index (χ3n) is 6.92. The summed E-state index contributed by atoms with van der Waals surface area (Å²) in [7, 11) is 1.97. The van der Waals surface area contributed by atoms with E-state index in [0.29, 0.717) is 34.1 Å². The summed E-state index contributed by atoms with van der Waals surface area (Å²) in [4.78, 5) is 17.7. The summed E-state index contributed by atoms with van der Waals surface area (Å²) in [5.41, 5.74) is 8.53. The lowest BCUT2D eigenvalue weighted by molar-refractivity contribution is -0.140. The van der Waals surface area contributed by atoms with Gasteiger partial charge in [0.1, 0.15) is 17.2 Å². The second-order valence-corrected chi connectivity index (χ2v) is 9.70. The molecule has 0 unspecified atom stereocenters. The van der Waals surface area contributed by atoms with Gasteiger partial charge in [0.15, 0.2) is 5.15 Å². The van der Waals surface area contributed by atoms with Crippen LogP contribution in [0.3, 0.4) is 0 Å². The second-order valence-electron chi connectivity index (χ2n) is 9.34. The van der Waals surface area contributed by atoms with Crippen LogP contribution in [0.2, 0.25) is 5.15 Å². The molecule has 1 saturated heterocycles. The predicted octanol–water partition coefficient (Wildman–Crippen LogP) is 5.19. The zero-order valence-corrected chi connectivity index (χ0v) is 20.5. The summed E-state index contributed by atoms with van der Waals surface area (Å²) in [6.45, 7) is 5.89. The number of anilines is 1. The van der Waals surface area contributed by atoms with Gasteiger partial charge in [-0.2, -0.15) is 13.2 Å². The number of rotatable bonds is 5.